The molecule has 2 N–H and O–H groups in total. The Morgan fingerprint density at radius 3 is 2.96 bits per heavy atom. The number of likely N-dealkylation sites (N-methyl/N-ethyl adjacent to an activating group) is 1. The molecular formula is C21H29NO6. The zero-order chi connectivity index (χ0) is 19.5. The van der Waals surface area contributed by atoms with Crippen LogP contribution in [-0.4, -0.2) is 79.7 Å². The maximum absolute atomic E-state index is 12.0. The van der Waals surface area contributed by atoms with Crippen molar-refractivity contribution >= 4 is 0 Å². The van der Waals surface area contributed by atoms with Gasteiger partial charge in [0.05, 0.1) is 30.3 Å². The topological polar surface area (TPSA) is 80.6 Å². The monoisotopic (exact) mass is 391 g/mol. The van der Waals surface area contributed by atoms with Crippen molar-refractivity contribution in [2.75, 3.05) is 40.7 Å². The molecule has 1 spiro atoms. The Hall–Kier alpha value is -1.38. The van der Waals surface area contributed by atoms with Crippen LogP contribution in [0.5, 0.6) is 11.5 Å². The summed E-state index contributed by atoms with van der Waals surface area (Å²) < 4.78 is 22.7. The highest BCUT2D eigenvalue weighted by atomic mass is 16.7. The van der Waals surface area contributed by atoms with E-state index in [-0.39, 0.29) is 12.8 Å². The molecule has 1 saturated carbocycles. The molecule has 2 fully saturated rings. The third kappa shape index (κ3) is 2.28. The number of rotatable bonds is 6. The molecule has 2 aliphatic heterocycles. The van der Waals surface area contributed by atoms with Crippen molar-refractivity contribution in [2.45, 2.75) is 54.9 Å². The molecular weight excluding hydrogens is 362 g/mol. The molecule has 0 amide bonds. The molecule has 1 aromatic carbocycles. The van der Waals surface area contributed by atoms with Crippen LogP contribution in [0.2, 0.25) is 0 Å². The van der Waals surface area contributed by atoms with Crippen molar-refractivity contribution in [3.63, 3.8) is 0 Å². The highest BCUT2D eigenvalue weighted by Crippen LogP contribution is 2.65. The third-order valence-electron chi connectivity index (χ3n) is 7.41. The van der Waals surface area contributed by atoms with E-state index in [1.807, 2.05) is 6.07 Å². The van der Waals surface area contributed by atoms with Gasteiger partial charge in [-0.25, -0.2) is 0 Å². The first-order valence-electron chi connectivity index (χ1n) is 10.2. The number of aliphatic hydroxyl groups excluding tert-OH is 1. The van der Waals surface area contributed by atoms with Crippen molar-refractivity contribution in [1.29, 1.82) is 0 Å². The molecule has 4 aliphatic rings. The normalized spacial score (nSPS) is 38.1. The maximum atomic E-state index is 12.0. The van der Waals surface area contributed by atoms with Gasteiger partial charge in [-0.05, 0) is 50.9 Å². The van der Waals surface area contributed by atoms with Crippen LogP contribution in [0, 0.1) is 0 Å². The first kappa shape index (κ1) is 18.6. The molecule has 0 radical (unpaired) electrons. The number of ether oxygens (including phenoxy) is 4. The number of hydrogen-bond donors (Lipinski definition) is 2. The summed E-state index contributed by atoms with van der Waals surface area (Å²) in [6.45, 7) is 1.95. The SMILES string of the molecule is COCCOCOc1ccc2c3c1OC1C(O)CC[C@@]4(O)C(C2)N(C)CC[C@]314. The molecule has 0 aromatic heterocycles. The van der Waals surface area contributed by atoms with Gasteiger partial charge in [-0.1, -0.05) is 6.07 Å². The lowest BCUT2D eigenvalue weighted by Gasteiger charge is -2.63. The largest absolute Gasteiger partial charge is 0.482 e. The van der Waals surface area contributed by atoms with Crippen molar-refractivity contribution in [2.24, 2.45) is 0 Å². The minimum Gasteiger partial charge on any atom is -0.482 e. The number of methoxy groups -OCH3 is 1. The van der Waals surface area contributed by atoms with E-state index >= 15 is 0 Å². The minimum atomic E-state index is -0.893. The Bertz CT molecular complexity index is 772. The third-order valence-corrected chi connectivity index (χ3v) is 7.41. The Morgan fingerprint density at radius 2 is 2.14 bits per heavy atom. The Kier molecular flexibility index (Phi) is 4.37. The summed E-state index contributed by atoms with van der Waals surface area (Å²) in [6, 6.07) is 4.06. The van der Waals surface area contributed by atoms with Gasteiger partial charge in [0.25, 0.3) is 0 Å². The average Bonchev–Trinajstić information content (AvgIpc) is 3.04. The van der Waals surface area contributed by atoms with Gasteiger partial charge in [-0.15, -0.1) is 0 Å². The van der Waals surface area contributed by atoms with Gasteiger partial charge in [0.15, 0.2) is 18.3 Å². The molecule has 28 heavy (non-hydrogen) atoms. The first-order chi connectivity index (χ1) is 13.5. The van der Waals surface area contributed by atoms with Crippen LogP contribution in [-0.2, 0) is 21.3 Å². The van der Waals surface area contributed by atoms with Crippen LogP contribution in [0.3, 0.4) is 0 Å². The minimum absolute atomic E-state index is 0.0439. The van der Waals surface area contributed by atoms with Gasteiger partial charge in [-0.2, -0.15) is 0 Å². The number of benzene rings is 1. The zero-order valence-corrected chi connectivity index (χ0v) is 16.5. The van der Waals surface area contributed by atoms with E-state index in [2.05, 4.69) is 18.0 Å². The quantitative estimate of drug-likeness (QED) is 0.549. The Balaban J connectivity index is 1.55. The molecule has 5 atom stereocenters. The van der Waals surface area contributed by atoms with Crippen LogP contribution >= 0.6 is 0 Å². The fourth-order valence-electron chi connectivity index (χ4n) is 6.14. The number of hydrogen-bond acceptors (Lipinski definition) is 7. The highest BCUT2D eigenvalue weighted by Gasteiger charge is 2.72. The maximum Gasteiger partial charge on any atom is 0.189 e. The lowest BCUT2D eigenvalue weighted by atomic mass is 9.49. The summed E-state index contributed by atoms with van der Waals surface area (Å²) in [4.78, 5) is 2.27. The van der Waals surface area contributed by atoms with E-state index in [4.69, 9.17) is 18.9 Å². The van der Waals surface area contributed by atoms with Crippen LogP contribution in [0.25, 0.3) is 0 Å². The number of likely N-dealkylation sites (tertiary alicyclic amines) is 1. The van der Waals surface area contributed by atoms with E-state index in [0.29, 0.717) is 37.6 Å². The van der Waals surface area contributed by atoms with Gasteiger partial charge in [0, 0.05) is 18.7 Å². The predicted molar refractivity (Wildman–Crippen MR) is 101 cm³/mol. The van der Waals surface area contributed by atoms with E-state index in [1.54, 1.807) is 7.11 Å². The van der Waals surface area contributed by atoms with E-state index < -0.39 is 23.2 Å². The zero-order valence-electron chi connectivity index (χ0n) is 16.5. The van der Waals surface area contributed by atoms with Crippen LogP contribution in [0.15, 0.2) is 12.1 Å². The molecule has 1 saturated heterocycles. The van der Waals surface area contributed by atoms with Crippen molar-refractivity contribution in [1.82, 2.24) is 4.90 Å². The fourth-order valence-corrected chi connectivity index (χ4v) is 6.14. The predicted octanol–water partition coefficient (Wildman–Crippen LogP) is 0.831. The van der Waals surface area contributed by atoms with E-state index in [9.17, 15) is 10.2 Å². The van der Waals surface area contributed by atoms with E-state index in [1.165, 1.54) is 5.56 Å². The fraction of sp³-hybridized carbons (Fsp3) is 0.714. The summed E-state index contributed by atoms with van der Waals surface area (Å²) in [5.74, 6) is 1.30. The van der Waals surface area contributed by atoms with Crippen LogP contribution < -0.4 is 9.47 Å². The molecule has 5 rings (SSSR count). The summed E-state index contributed by atoms with van der Waals surface area (Å²) in [7, 11) is 3.72. The average molecular weight is 391 g/mol. The Labute approximate surface area is 165 Å². The van der Waals surface area contributed by atoms with Gasteiger partial charge in [-0.3, -0.25) is 0 Å². The van der Waals surface area contributed by atoms with E-state index in [0.717, 1.165) is 24.9 Å². The van der Waals surface area contributed by atoms with Crippen molar-refractivity contribution in [3.8, 4) is 11.5 Å². The number of aliphatic hydroxyl groups is 2. The molecule has 7 nitrogen and oxygen atoms in total. The van der Waals surface area contributed by atoms with Crippen LogP contribution in [0.4, 0.5) is 0 Å². The van der Waals surface area contributed by atoms with Gasteiger partial charge >= 0.3 is 0 Å². The summed E-state index contributed by atoms with van der Waals surface area (Å²) >= 11 is 0. The molecule has 2 aliphatic carbocycles. The van der Waals surface area contributed by atoms with Gasteiger partial charge < -0.3 is 34.1 Å². The number of piperidine rings is 1. The smallest absolute Gasteiger partial charge is 0.189 e. The molecule has 1 aromatic rings. The van der Waals surface area contributed by atoms with Crippen molar-refractivity contribution in [3.05, 3.63) is 23.3 Å². The molecule has 7 heteroatoms. The van der Waals surface area contributed by atoms with Crippen molar-refractivity contribution < 1.29 is 29.2 Å². The standard InChI is InChI=1S/C21H29NO6/c1-22-8-7-20-17-13-3-4-15(27-12-26-10-9-25-2)18(17)28-19(20)14(23)5-6-21(20,24)16(22)11-13/h3-4,14,16,19,23-24H,5-12H2,1-2H3/t14?,16?,19?,20-,21+/m0/s1. The number of nitrogens with zero attached hydrogens (tertiary/aromatic N) is 1. The molecule has 154 valence electrons. The van der Waals surface area contributed by atoms with Gasteiger partial charge in [0.2, 0.25) is 0 Å². The molecule has 3 unspecified atom stereocenters. The summed E-state index contributed by atoms with van der Waals surface area (Å²) in [5.41, 5.74) is 0.787. The summed E-state index contributed by atoms with van der Waals surface area (Å²) in [6.07, 6.45) is 1.67. The lowest BCUT2D eigenvalue weighted by molar-refractivity contribution is -0.204. The second-order valence-corrected chi connectivity index (χ2v) is 8.58. The lowest BCUT2D eigenvalue weighted by Crippen LogP contribution is -2.76. The van der Waals surface area contributed by atoms with Gasteiger partial charge in [0.1, 0.15) is 6.10 Å². The second kappa shape index (κ2) is 6.57. The molecule has 2 bridgehead atoms. The highest BCUT2D eigenvalue weighted by molar-refractivity contribution is 5.62. The first-order valence-corrected chi connectivity index (χ1v) is 10.2. The summed E-state index contributed by atoms with van der Waals surface area (Å²) in [5, 5.41) is 22.8. The molecule has 2 heterocycles. The Morgan fingerprint density at radius 1 is 1.29 bits per heavy atom. The van der Waals surface area contributed by atoms with Crippen LogP contribution in [0.1, 0.15) is 30.4 Å². The second-order valence-electron chi connectivity index (χ2n) is 8.58.